The van der Waals surface area contributed by atoms with Gasteiger partial charge in [-0.25, -0.2) is 8.78 Å². The average molecular weight is 289 g/mol. The normalized spacial score (nSPS) is 10.9. The smallest absolute Gasteiger partial charge is 0.277 e. The molecule has 0 aliphatic rings. The highest BCUT2D eigenvalue weighted by atomic mass is 19.3. The Hall–Kier alpha value is -2.29. The van der Waals surface area contributed by atoms with E-state index in [2.05, 4.69) is 0 Å². The summed E-state index contributed by atoms with van der Waals surface area (Å²) < 4.78 is 30.5. The summed E-state index contributed by atoms with van der Waals surface area (Å²) >= 11 is 0. The predicted octanol–water partition coefficient (Wildman–Crippen LogP) is 0.684. The number of nitrogens with two attached hydrogens (primary N) is 1. The monoisotopic (exact) mass is 289 g/mol. The van der Waals surface area contributed by atoms with Gasteiger partial charge in [0.25, 0.3) is 17.5 Å². The zero-order valence-electron chi connectivity index (χ0n) is 10.3. The lowest BCUT2D eigenvalue weighted by atomic mass is 10.3. The zero-order valence-corrected chi connectivity index (χ0v) is 10.3. The number of rotatable bonds is 7. The summed E-state index contributed by atoms with van der Waals surface area (Å²) in [5.74, 6) is -3.68. The maximum absolute atomic E-state index is 12.8. The molecule has 0 heterocycles. The molecule has 0 radical (unpaired) electrons. The molecule has 110 valence electrons. The standard InChI is InChI=1S/C11H13F2N3O4/c12-11(13,6-14)7-15-10(17)5-20-9-3-1-8(2-4-9)16(18)19/h1-4H,5-7,14H2,(H,15,17). The van der Waals surface area contributed by atoms with Gasteiger partial charge in [-0.1, -0.05) is 0 Å². The summed E-state index contributed by atoms with van der Waals surface area (Å²) in [5.41, 5.74) is 4.69. The Morgan fingerprint density at radius 2 is 2.00 bits per heavy atom. The van der Waals surface area contributed by atoms with Crippen molar-refractivity contribution in [3.63, 3.8) is 0 Å². The molecule has 0 atom stereocenters. The van der Waals surface area contributed by atoms with Crippen molar-refractivity contribution in [2.24, 2.45) is 5.73 Å². The van der Waals surface area contributed by atoms with E-state index in [0.717, 1.165) is 0 Å². The van der Waals surface area contributed by atoms with Crippen molar-refractivity contribution >= 4 is 11.6 Å². The van der Waals surface area contributed by atoms with Crippen molar-refractivity contribution in [3.05, 3.63) is 34.4 Å². The third-order valence-electron chi connectivity index (χ3n) is 2.26. The molecule has 0 spiro atoms. The number of carbonyl (C=O) groups is 1. The lowest BCUT2D eigenvalue weighted by molar-refractivity contribution is -0.384. The first kappa shape index (κ1) is 15.8. The van der Waals surface area contributed by atoms with Crippen LogP contribution in [-0.2, 0) is 4.79 Å². The molecule has 0 unspecified atom stereocenters. The number of benzene rings is 1. The first-order valence-corrected chi connectivity index (χ1v) is 5.56. The number of amides is 1. The fraction of sp³-hybridized carbons (Fsp3) is 0.364. The molecule has 0 fully saturated rings. The molecule has 0 aliphatic carbocycles. The van der Waals surface area contributed by atoms with Crippen molar-refractivity contribution in [1.82, 2.24) is 5.32 Å². The molecule has 1 amide bonds. The number of nitrogens with one attached hydrogen (secondary N) is 1. The van der Waals surface area contributed by atoms with E-state index >= 15 is 0 Å². The van der Waals surface area contributed by atoms with Gasteiger partial charge >= 0.3 is 0 Å². The van der Waals surface area contributed by atoms with Crippen LogP contribution in [0.15, 0.2) is 24.3 Å². The minimum absolute atomic E-state index is 0.121. The fourth-order valence-corrected chi connectivity index (χ4v) is 1.16. The van der Waals surface area contributed by atoms with Gasteiger partial charge in [0.05, 0.1) is 18.0 Å². The van der Waals surface area contributed by atoms with E-state index in [-0.39, 0.29) is 11.4 Å². The molecule has 0 bridgehead atoms. The van der Waals surface area contributed by atoms with Crippen molar-refractivity contribution in [2.45, 2.75) is 5.92 Å². The van der Waals surface area contributed by atoms with Gasteiger partial charge in [0.1, 0.15) is 5.75 Å². The van der Waals surface area contributed by atoms with Crippen LogP contribution < -0.4 is 15.8 Å². The first-order valence-electron chi connectivity index (χ1n) is 5.56. The van der Waals surface area contributed by atoms with Crippen LogP contribution >= 0.6 is 0 Å². The van der Waals surface area contributed by atoms with E-state index in [4.69, 9.17) is 10.5 Å². The molecule has 0 saturated carbocycles. The van der Waals surface area contributed by atoms with E-state index in [1.165, 1.54) is 24.3 Å². The average Bonchev–Trinajstić information content (AvgIpc) is 2.43. The molecular weight excluding hydrogens is 276 g/mol. The molecule has 1 aromatic rings. The molecule has 3 N–H and O–H groups in total. The number of nitrogens with zero attached hydrogens (tertiary/aromatic N) is 1. The zero-order chi connectivity index (χ0) is 15.2. The minimum atomic E-state index is -3.16. The summed E-state index contributed by atoms with van der Waals surface area (Å²) in [6, 6.07) is 5.02. The van der Waals surface area contributed by atoms with Gasteiger partial charge in [0, 0.05) is 12.1 Å². The Kier molecular flexibility index (Phi) is 5.32. The molecule has 0 aliphatic heterocycles. The van der Waals surface area contributed by atoms with Gasteiger partial charge in [-0.15, -0.1) is 0 Å². The van der Waals surface area contributed by atoms with E-state index in [1.807, 2.05) is 5.32 Å². The van der Waals surface area contributed by atoms with Gasteiger partial charge in [-0.3, -0.25) is 14.9 Å². The number of nitro benzene ring substituents is 1. The van der Waals surface area contributed by atoms with Gasteiger partial charge in [-0.2, -0.15) is 0 Å². The van der Waals surface area contributed by atoms with Gasteiger partial charge in [0.2, 0.25) is 0 Å². The number of alkyl halides is 2. The molecule has 1 rings (SSSR count). The Morgan fingerprint density at radius 3 is 2.50 bits per heavy atom. The van der Waals surface area contributed by atoms with Crippen LogP contribution in [0.4, 0.5) is 14.5 Å². The summed E-state index contributed by atoms with van der Waals surface area (Å²) in [5, 5.41) is 12.4. The largest absolute Gasteiger partial charge is 0.484 e. The fourth-order valence-electron chi connectivity index (χ4n) is 1.16. The third kappa shape index (κ3) is 5.14. The second-order valence-electron chi connectivity index (χ2n) is 3.88. The van der Waals surface area contributed by atoms with Crippen LogP contribution in [0.3, 0.4) is 0 Å². The van der Waals surface area contributed by atoms with Crippen molar-refractivity contribution in [3.8, 4) is 5.75 Å². The van der Waals surface area contributed by atoms with Gasteiger partial charge in [0.15, 0.2) is 6.61 Å². The van der Waals surface area contributed by atoms with Crippen molar-refractivity contribution in [1.29, 1.82) is 0 Å². The molecule has 9 heteroatoms. The Bertz CT molecular complexity index is 479. The summed E-state index contributed by atoms with van der Waals surface area (Å²) in [6.07, 6.45) is 0. The highest BCUT2D eigenvalue weighted by Gasteiger charge is 2.27. The molecule has 1 aromatic carbocycles. The highest BCUT2D eigenvalue weighted by Crippen LogP contribution is 2.17. The number of hydrogen-bond acceptors (Lipinski definition) is 5. The van der Waals surface area contributed by atoms with E-state index in [1.54, 1.807) is 0 Å². The van der Waals surface area contributed by atoms with Gasteiger partial charge in [-0.05, 0) is 12.1 Å². The molecule has 7 nitrogen and oxygen atoms in total. The van der Waals surface area contributed by atoms with Crippen LogP contribution in [0.5, 0.6) is 5.75 Å². The van der Waals surface area contributed by atoms with Crippen molar-refractivity contribution in [2.75, 3.05) is 19.7 Å². The lowest BCUT2D eigenvalue weighted by Gasteiger charge is -2.14. The van der Waals surface area contributed by atoms with Crippen LogP contribution in [0, 0.1) is 10.1 Å². The molecular formula is C11H13F2N3O4. The second-order valence-corrected chi connectivity index (χ2v) is 3.88. The maximum atomic E-state index is 12.8. The topological polar surface area (TPSA) is 107 Å². The van der Waals surface area contributed by atoms with E-state index in [9.17, 15) is 23.7 Å². The SMILES string of the molecule is NCC(F)(F)CNC(=O)COc1ccc([N+](=O)[O-])cc1. The Morgan fingerprint density at radius 1 is 1.40 bits per heavy atom. The number of ether oxygens (including phenoxy) is 1. The Balaban J connectivity index is 2.39. The predicted molar refractivity (Wildman–Crippen MR) is 65.6 cm³/mol. The second kappa shape index (κ2) is 6.75. The molecule has 0 saturated heterocycles. The third-order valence-corrected chi connectivity index (χ3v) is 2.26. The van der Waals surface area contributed by atoms with E-state index in [0.29, 0.717) is 0 Å². The first-order chi connectivity index (χ1) is 9.34. The van der Waals surface area contributed by atoms with Gasteiger partial charge < -0.3 is 15.8 Å². The van der Waals surface area contributed by atoms with Crippen molar-refractivity contribution < 1.29 is 23.2 Å². The number of nitro groups is 1. The molecule has 0 aromatic heterocycles. The lowest BCUT2D eigenvalue weighted by Crippen LogP contribution is -2.43. The highest BCUT2D eigenvalue weighted by molar-refractivity contribution is 5.77. The number of hydrogen-bond donors (Lipinski definition) is 2. The number of carbonyl (C=O) groups excluding carboxylic acids is 1. The van der Waals surface area contributed by atoms with Crippen LogP contribution in [0.25, 0.3) is 0 Å². The number of halogens is 2. The molecule has 20 heavy (non-hydrogen) atoms. The minimum Gasteiger partial charge on any atom is -0.484 e. The van der Waals surface area contributed by atoms with Crippen LogP contribution in [0.2, 0.25) is 0 Å². The quantitative estimate of drug-likeness (QED) is 0.567. The Labute approximate surface area is 112 Å². The maximum Gasteiger partial charge on any atom is 0.277 e. The van der Waals surface area contributed by atoms with E-state index < -0.39 is 36.4 Å². The van der Waals surface area contributed by atoms with Crippen LogP contribution in [0.1, 0.15) is 0 Å². The number of non-ortho nitro benzene ring substituents is 1. The summed E-state index contributed by atoms with van der Waals surface area (Å²) in [6.45, 7) is -2.21. The summed E-state index contributed by atoms with van der Waals surface area (Å²) in [4.78, 5) is 21.1. The summed E-state index contributed by atoms with van der Waals surface area (Å²) in [7, 11) is 0. The van der Waals surface area contributed by atoms with Crippen LogP contribution in [-0.4, -0.2) is 36.4 Å².